The summed E-state index contributed by atoms with van der Waals surface area (Å²) in [6.45, 7) is 2.63. The summed E-state index contributed by atoms with van der Waals surface area (Å²) in [5, 5.41) is -0.198. The Labute approximate surface area is 113 Å². The van der Waals surface area contributed by atoms with Crippen molar-refractivity contribution < 1.29 is 13.2 Å². The molecule has 0 amide bonds. The van der Waals surface area contributed by atoms with Crippen LogP contribution in [0.25, 0.3) is 11.5 Å². The van der Waals surface area contributed by atoms with Crippen LogP contribution >= 0.6 is 11.6 Å². The number of pyridine rings is 1. The molecule has 0 atom stereocenters. The van der Waals surface area contributed by atoms with Crippen LogP contribution in [0.2, 0.25) is 5.15 Å². The lowest BCUT2D eigenvalue weighted by atomic mass is 10.2. The Balaban J connectivity index is 2.50. The first kappa shape index (κ1) is 13.9. The molecule has 0 saturated heterocycles. The number of aromatic nitrogens is 3. The minimum atomic E-state index is -4.45. The number of halogens is 4. The van der Waals surface area contributed by atoms with E-state index in [9.17, 15) is 13.2 Å². The van der Waals surface area contributed by atoms with Crippen LogP contribution in [-0.4, -0.2) is 14.5 Å². The van der Waals surface area contributed by atoms with E-state index in [2.05, 4.69) is 9.97 Å². The molecule has 0 radical (unpaired) electrons. The maximum atomic E-state index is 12.7. The van der Waals surface area contributed by atoms with Crippen molar-refractivity contribution in [1.82, 2.24) is 14.5 Å². The minimum absolute atomic E-state index is 0.123. The van der Waals surface area contributed by atoms with Gasteiger partial charge >= 0.3 is 6.18 Å². The zero-order valence-electron chi connectivity index (χ0n) is 10.1. The van der Waals surface area contributed by atoms with E-state index < -0.39 is 11.7 Å². The molecule has 0 N–H and O–H groups in total. The van der Waals surface area contributed by atoms with Crippen LogP contribution in [-0.2, 0) is 12.7 Å². The summed E-state index contributed by atoms with van der Waals surface area (Å²) in [4.78, 5) is 7.96. The molecule has 2 heterocycles. The molecular weight excluding hydrogens is 279 g/mol. The summed E-state index contributed by atoms with van der Waals surface area (Å²) < 4.78 is 39.9. The van der Waals surface area contributed by atoms with Gasteiger partial charge in [-0.3, -0.25) is 0 Å². The van der Waals surface area contributed by atoms with E-state index in [0.29, 0.717) is 12.4 Å². The van der Waals surface area contributed by atoms with Gasteiger partial charge in [0.25, 0.3) is 0 Å². The van der Waals surface area contributed by atoms with E-state index in [-0.39, 0.29) is 10.8 Å². The second-order valence-electron chi connectivity index (χ2n) is 4.01. The summed E-state index contributed by atoms with van der Waals surface area (Å²) in [6, 6.07) is 1.76. The third-order valence-electron chi connectivity index (χ3n) is 2.53. The summed E-state index contributed by atoms with van der Waals surface area (Å²) >= 11 is 5.65. The predicted octanol–water partition coefficient (Wildman–Crippen LogP) is 4.03. The van der Waals surface area contributed by atoms with Gasteiger partial charge < -0.3 is 4.57 Å². The van der Waals surface area contributed by atoms with Crippen LogP contribution in [0.1, 0.15) is 18.9 Å². The van der Waals surface area contributed by atoms with E-state index in [1.807, 2.05) is 6.92 Å². The maximum absolute atomic E-state index is 12.7. The van der Waals surface area contributed by atoms with Crippen molar-refractivity contribution in [3.05, 3.63) is 35.2 Å². The largest absolute Gasteiger partial charge is 0.416 e. The maximum Gasteiger partial charge on any atom is 0.416 e. The number of aryl methyl sites for hydroxylation is 1. The van der Waals surface area contributed by atoms with Crippen LogP contribution in [0.4, 0.5) is 13.2 Å². The highest BCUT2D eigenvalue weighted by atomic mass is 35.5. The molecule has 0 bridgehead atoms. The van der Waals surface area contributed by atoms with Crippen molar-refractivity contribution in [3.8, 4) is 11.5 Å². The summed E-state index contributed by atoms with van der Waals surface area (Å²) in [5.74, 6) is 0.384. The van der Waals surface area contributed by atoms with E-state index in [4.69, 9.17) is 11.6 Å². The molecule has 0 saturated carbocycles. The predicted molar refractivity (Wildman–Crippen MR) is 65.8 cm³/mol. The summed E-state index contributed by atoms with van der Waals surface area (Å²) in [7, 11) is 0. The molecular formula is C12H11ClF3N3. The molecule has 102 valence electrons. The first-order valence-corrected chi connectivity index (χ1v) is 6.06. The average Bonchev–Trinajstić information content (AvgIpc) is 2.76. The Hall–Kier alpha value is -1.56. The van der Waals surface area contributed by atoms with Crippen molar-refractivity contribution in [2.24, 2.45) is 0 Å². The molecule has 0 aromatic carbocycles. The fourth-order valence-electron chi connectivity index (χ4n) is 1.74. The molecule has 0 spiro atoms. The van der Waals surface area contributed by atoms with Crippen LogP contribution in [0.15, 0.2) is 24.5 Å². The third-order valence-corrected chi connectivity index (χ3v) is 2.72. The van der Waals surface area contributed by atoms with Gasteiger partial charge in [-0.2, -0.15) is 13.2 Å². The molecule has 0 aliphatic heterocycles. The Morgan fingerprint density at radius 2 is 2.05 bits per heavy atom. The van der Waals surface area contributed by atoms with E-state index in [0.717, 1.165) is 18.6 Å². The zero-order valence-corrected chi connectivity index (χ0v) is 10.8. The van der Waals surface area contributed by atoms with Gasteiger partial charge in [0.2, 0.25) is 0 Å². The normalized spacial score (nSPS) is 11.8. The molecule has 2 rings (SSSR count). The number of hydrogen-bond acceptors (Lipinski definition) is 2. The fraction of sp³-hybridized carbons (Fsp3) is 0.333. The Bertz CT molecular complexity index is 578. The van der Waals surface area contributed by atoms with Crippen molar-refractivity contribution >= 4 is 11.6 Å². The first-order chi connectivity index (χ1) is 8.91. The van der Waals surface area contributed by atoms with Gasteiger partial charge in [0.05, 0.1) is 5.56 Å². The number of imidazole rings is 1. The fourth-order valence-corrected chi connectivity index (χ4v) is 1.95. The lowest BCUT2D eigenvalue weighted by Gasteiger charge is -2.10. The third kappa shape index (κ3) is 3.07. The number of hydrogen-bond donors (Lipinski definition) is 0. The van der Waals surface area contributed by atoms with E-state index in [1.165, 1.54) is 6.20 Å². The second kappa shape index (κ2) is 5.21. The van der Waals surface area contributed by atoms with Crippen LogP contribution in [0.5, 0.6) is 0 Å². The highest BCUT2D eigenvalue weighted by Crippen LogP contribution is 2.32. The molecule has 19 heavy (non-hydrogen) atoms. The van der Waals surface area contributed by atoms with Crippen LogP contribution in [0.3, 0.4) is 0 Å². The van der Waals surface area contributed by atoms with E-state index >= 15 is 0 Å². The van der Waals surface area contributed by atoms with Crippen LogP contribution < -0.4 is 0 Å². The topological polar surface area (TPSA) is 30.7 Å². The highest BCUT2D eigenvalue weighted by Gasteiger charge is 2.32. The molecule has 2 aromatic heterocycles. The SMILES string of the molecule is CCCn1ccnc1-c1cc(C(F)(F)F)cc(Cl)n1. The first-order valence-electron chi connectivity index (χ1n) is 5.68. The lowest BCUT2D eigenvalue weighted by molar-refractivity contribution is -0.137. The van der Waals surface area contributed by atoms with Crippen molar-refractivity contribution in [2.45, 2.75) is 26.1 Å². The van der Waals surface area contributed by atoms with Gasteiger partial charge in [-0.1, -0.05) is 18.5 Å². The molecule has 3 nitrogen and oxygen atoms in total. The van der Waals surface area contributed by atoms with Gasteiger partial charge in [-0.05, 0) is 18.6 Å². The Kier molecular flexibility index (Phi) is 3.80. The number of rotatable bonds is 3. The summed E-state index contributed by atoms with van der Waals surface area (Å²) in [6.07, 6.45) is -0.380. The van der Waals surface area contributed by atoms with Gasteiger partial charge in [-0.25, -0.2) is 9.97 Å². The van der Waals surface area contributed by atoms with Crippen molar-refractivity contribution in [3.63, 3.8) is 0 Å². The smallest absolute Gasteiger partial charge is 0.330 e. The van der Waals surface area contributed by atoms with Gasteiger partial charge in [-0.15, -0.1) is 0 Å². The van der Waals surface area contributed by atoms with Crippen LogP contribution in [0, 0.1) is 0 Å². The lowest BCUT2D eigenvalue weighted by Crippen LogP contribution is -2.07. The Morgan fingerprint density at radius 3 is 2.68 bits per heavy atom. The van der Waals surface area contributed by atoms with Gasteiger partial charge in [0, 0.05) is 18.9 Å². The van der Waals surface area contributed by atoms with Gasteiger partial charge in [0.15, 0.2) is 5.82 Å². The molecule has 7 heteroatoms. The monoisotopic (exact) mass is 289 g/mol. The molecule has 0 aliphatic carbocycles. The van der Waals surface area contributed by atoms with Crippen molar-refractivity contribution in [1.29, 1.82) is 0 Å². The second-order valence-corrected chi connectivity index (χ2v) is 4.39. The standard InChI is InChI=1S/C12H11ClF3N3/c1-2-4-19-5-3-17-11(19)9-6-8(12(14,15)16)7-10(13)18-9/h3,5-7H,2,4H2,1H3. The molecule has 2 aromatic rings. The van der Waals surface area contributed by atoms with E-state index in [1.54, 1.807) is 10.8 Å². The summed E-state index contributed by atoms with van der Waals surface area (Å²) in [5.41, 5.74) is -0.702. The number of alkyl halides is 3. The average molecular weight is 290 g/mol. The van der Waals surface area contributed by atoms with Crippen molar-refractivity contribution in [2.75, 3.05) is 0 Å². The molecule has 0 aliphatic rings. The number of nitrogens with zero attached hydrogens (tertiary/aromatic N) is 3. The minimum Gasteiger partial charge on any atom is -0.330 e. The zero-order chi connectivity index (χ0) is 14.0. The quantitative estimate of drug-likeness (QED) is 0.799. The molecule has 0 fully saturated rings. The highest BCUT2D eigenvalue weighted by molar-refractivity contribution is 6.29. The molecule has 0 unspecified atom stereocenters. The van der Waals surface area contributed by atoms with Gasteiger partial charge in [0.1, 0.15) is 10.8 Å². The Morgan fingerprint density at radius 1 is 1.32 bits per heavy atom.